The van der Waals surface area contributed by atoms with Crippen molar-refractivity contribution in [1.82, 2.24) is 10.6 Å². The lowest BCUT2D eigenvalue weighted by Crippen LogP contribution is -2.45. The number of rotatable bonds is 2. The Balaban J connectivity index is 1.68. The van der Waals surface area contributed by atoms with Crippen LogP contribution in [0.1, 0.15) is 25.7 Å². The fourth-order valence-corrected chi connectivity index (χ4v) is 2.88. The van der Waals surface area contributed by atoms with E-state index in [2.05, 4.69) is 10.6 Å². The quantitative estimate of drug-likeness (QED) is 0.700. The largest absolute Gasteiger partial charge is 0.335 e. The van der Waals surface area contributed by atoms with Gasteiger partial charge >= 0.3 is 6.03 Å². The maximum Gasteiger partial charge on any atom is 0.315 e. The Morgan fingerprint density at radius 3 is 2.00 bits per heavy atom. The molecule has 0 spiro atoms. The van der Waals surface area contributed by atoms with Crippen LogP contribution >= 0.6 is 0 Å². The van der Waals surface area contributed by atoms with Crippen molar-refractivity contribution in [3.8, 4) is 0 Å². The molecule has 0 atom stereocenters. The van der Waals surface area contributed by atoms with E-state index in [1.54, 1.807) is 0 Å². The lowest BCUT2D eigenvalue weighted by molar-refractivity contribution is 0.235. The van der Waals surface area contributed by atoms with Crippen LogP contribution in [0, 0.1) is 0 Å². The van der Waals surface area contributed by atoms with Crippen molar-refractivity contribution in [3.63, 3.8) is 0 Å². The SMILES string of the molecule is O=C(NC1CC1)NC1CCS(=O)CC1. The highest BCUT2D eigenvalue weighted by molar-refractivity contribution is 7.85. The summed E-state index contributed by atoms with van der Waals surface area (Å²) in [6, 6.07) is 0.587. The summed E-state index contributed by atoms with van der Waals surface area (Å²) in [5.74, 6) is 1.46. The van der Waals surface area contributed by atoms with E-state index < -0.39 is 10.8 Å². The number of carbonyl (C=O) groups excluding carboxylic acids is 1. The van der Waals surface area contributed by atoms with Crippen molar-refractivity contribution < 1.29 is 9.00 Å². The molecule has 2 amide bonds. The summed E-state index contributed by atoms with van der Waals surface area (Å²) < 4.78 is 11.1. The van der Waals surface area contributed by atoms with Gasteiger partial charge in [-0.3, -0.25) is 4.21 Å². The summed E-state index contributed by atoms with van der Waals surface area (Å²) in [7, 11) is -0.646. The second kappa shape index (κ2) is 4.29. The van der Waals surface area contributed by atoms with E-state index in [0.717, 1.165) is 37.2 Å². The maximum atomic E-state index is 11.3. The normalized spacial score (nSPS) is 32.3. The minimum atomic E-state index is -0.646. The third kappa shape index (κ3) is 2.97. The number of carbonyl (C=O) groups is 1. The van der Waals surface area contributed by atoms with Crippen molar-refractivity contribution in [1.29, 1.82) is 0 Å². The Kier molecular flexibility index (Phi) is 3.05. The average Bonchev–Trinajstić information content (AvgIpc) is 2.93. The zero-order valence-electron chi connectivity index (χ0n) is 8.12. The molecule has 80 valence electrons. The van der Waals surface area contributed by atoms with E-state index in [9.17, 15) is 9.00 Å². The summed E-state index contributed by atoms with van der Waals surface area (Å²) in [4.78, 5) is 11.3. The molecule has 4 nitrogen and oxygen atoms in total. The van der Waals surface area contributed by atoms with Crippen LogP contribution in [-0.4, -0.2) is 33.8 Å². The van der Waals surface area contributed by atoms with E-state index >= 15 is 0 Å². The molecule has 14 heavy (non-hydrogen) atoms. The van der Waals surface area contributed by atoms with Gasteiger partial charge in [0, 0.05) is 34.4 Å². The summed E-state index contributed by atoms with van der Waals surface area (Å²) in [5.41, 5.74) is 0. The Hall–Kier alpha value is -0.580. The lowest BCUT2D eigenvalue weighted by Gasteiger charge is -2.22. The molecule has 2 aliphatic rings. The monoisotopic (exact) mass is 216 g/mol. The van der Waals surface area contributed by atoms with E-state index in [1.807, 2.05) is 0 Å². The average molecular weight is 216 g/mol. The van der Waals surface area contributed by atoms with Gasteiger partial charge in [-0.25, -0.2) is 4.79 Å². The minimum absolute atomic E-state index is 0.0508. The molecule has 0 radical (unpaired) electrons. The van der Waals surface area contributed by atoms with Crippen molar-refractivity contribution in [2.45, 2.75) is 37.8 Å². The fourth-order valence-electron chi connectivity index (χ4n) is 1.58. The van der Waals surface area contributed by atoms with Gasteiger partial charge in [-0.1, -0.05) is 0 Å². The van der Waals surface area contributed by atoms with Gasteiger partial charge in [-0.05, 0) is 25.7 Å². The molecule has 0 bridgehead atoms. The number of hydrogen-bond acceptors (Lipinski definition) is 2. The maximum absolute atomic E-state index is 11.3. The molecule has 0 aromatic heterocycles. The van der Waals surface area contributed by atoms with E-state index in [-0.39, 0.29) is 12.1 Å². The molecular formula is C9H16N2O2S. The first-order valence-corrected chi connectivity index (χ1v) is 6.65. The summed E-state index contributed by atoms with van der Waals surface area (Å²) >= 11 is 0. The van der Waals surface area contributed by atoms with Gasteiger partial charge in [0.25, 0.3) is 0 Å². The second-order valence-corrected chi connectivity index (χ2v) is 5.71. The van der Waals surface area contributed by atoms with Gasteiger partial charge in [-0.15, -0.1) is 0 Å². The molecule has 0 aromatic rings. The Morgan fingerprint density at radius 2 is 1.50 bits per heavy atom. The third-order valence-electron chi connectivity index (χ3n) is 2.64. The van der Waals surface area contributed by atoms with E-state index in [1.165, 1.54) is 0 Å². The number of urea groups is 1. The van der Waals surface area contributed by atoms with Gasteiger partial charge in [0.05, 0.1) is 0 Å². The van der Waals surface area contributed by atoms with Gasteiger partial charge in [0.1, 0.15) is 0 Å². The van der Waals surface area contributed by atoms with Crippen LogP contribution in [0.4, 0.5) is 4.79 Å². The van der Waals surface area contributed by atoms with Crippen molar-refractivity contribution in [3.05, 3.63) is 0 Å². The smallest absolute Gasteiger partial charge is 0.315 e. The zero-order chi connectivity index (χ0) is 9.97. The molecule has 0 aromatic carbocycles. The van der Waals surface area contributed by atoms with Crippen LogP contribution in [0.3, 0.4) is 0 Å². The molecule has 2 N–H and O–H groups in total. The van der Waals surface area contributed by atoms with E-state index in [0.29, 0.717) is 6.04 Å². The highest BCUT2D eigenvalue weighted by Crippen LogP contribution is 2.18. The molecule has 1 aliphatic carbocycles. The fraction of sp³-hybridized carbons (Fsp3) is 0.889. The van der Waals surface area contributed by atoms with Crippen LogP contribution < -0.4 is 10.6 Å². The topological polar surface area (TPSA) is 58.2 Å². The molecule has 1 saturated heterocycles. The second-order valence-electron chi connectivity index (χ2n) is 4.01. The summed E-state index contributed by atoms with van der Waals surface area (Å²) in [6.45, 7) is 0. The third-order valence-corrected chi connectivity index (χ3v) is 4.02. The lowest BCUT2D eigenvalue weighted by atomic mass is 10.2. The van der Waals surface area contributed by atoms with Crippen LogP contribution in [0.5, 0.6) is 0 Å². The minimum Gasteiger partial charge on any atom is -0.335 e. The number of nitrogens with one attached hydrogen (secondary N) is 2. The molecule has 5 heteroatoms. The molecule has 1 saturated carbocycles. The number of amides is 2. The van der Waals surface area contributed by atoms with Gasteiger partial charge in [0.2, 0.25) is 0 Å². The van der Waals surface area contributed by atoms with Crippen molar-refractivity contribution >= 4 is 16.8 Å². The Bertz CT molecular complexity index is 243. The number of hydrogen-bond donors (Lipinski definition) is 2. The predicted molar refractivity (Wildman–Crippen MR) is 55.6 cm³/mol. The molecule has 0 unspecified atom stereocenters. The predicted octanol–water partition coefficient (Wildman–Crippen LogP) is 0.359. The van der Waals surface area contributed by atoms with Crippen LogP contribution in [0.15, 0.2) is 0 Å². The molecule has 1 aliphatic heterocycles. The van der Waals surface area contributed by atoms with Crippen LogP contribution in [0.25, 0.3) is 0 Å². The summed E-state index contributed by atoms with van der Waals surface area (Å²) in [5, 5.41) is 5.81. The first kappa shape index (κ1) is 9.96. The first-order chi connectivity index (χ1) is 6.74. The van der Waals surface area contributed by atoms with E-state index in [4.69, 9.17) is 0 Å². The van der Waals surface area contributed by atoms with Gasteiger partial charge in [-0.2, -0.15) is 0 Å². The molecule has 2 fully saturated rings. The van der Waals surface area contributed by atoms with Crippen LogP contribution in [-0.2, 0) is 10.8 Å². The van der Waals surface area contributed by atoms with Crippen molar-refractivity contribution in [2.24, 2.45) is 0 Å². The summed E-state index contributed by atoms with van der Waals surface area (Å²) in [6.07, 6.45) is 3.93. The molecule has 1 heterocycles. The standard InChI is InChI=1S/C9H16N2O2S/c12-9(10-7-1-2-7)11-8-3-5-14(13)6-4-8/h7-8H,1-6H2,(H2,10,11,12). The Labute approximate surface area is 86.3 Å². The Morgan fingerprint density at radius 1 is 1.00 bits per heavy atom. The molecule has 2 rings (SSSR count). The highest BCUT2D eigenvalue weighted by atomic mass is 32.2. The van der Waals surface area contributed by atoms with Crippen molar-refractivity contribution in [2.75, 3.05) is 11.5 Å². The highest BCUT2D eigenvalue weighted by Gasteiger charge is 2.25. The molecular weight excluding hydrogens is 200 g/mol. The zero-order valence-corrected chi connectivity index (χ0v) is 8.94. The first-order valence-electron chi connectivity index (χ1n) is 5.16. The van der Waals surface area contributed by atoms with Crippen LogP contribution in [0.2, 0.25) is 0 Å². The van der Waals surface area contributed by atoms with Gasteiger partial charge in [0.15, 0.2) is 0 Å². The van der Waals surface area contributed by atoms with Gasteiger partial charge < -0.3 is 10.6 Å².